The molecular formula is C18H18N4O2S3. The van der Waals surface area contributed by atoms with Gasteiger partial charge in [-0.3, -0.25) is 14.9 Å². The van der Waals surface area contributed by atoms with Crippen LogP contribution in [0.25, 0.3) is 0 Å². The molecule has 2 aromatic heterocycles. The number of thiophene rings is 1. The first-order valence-corrected chi connectivity index (χ1v) is 10.8. The highest BCUT2D eigenvalue weighted by Crippen LogP contribution is 2.27. The zero-order valence-corrected chi connectivity index (χ0v) is 17.5. The topological polar surface area (TPSA) is 84.0 Å². The molecule has 0 radical (unpaired) electrons. The van der Waals surface area contributed by atoms with Crippen molar-refractivity contribution in [1.82, 2.24) is 10.2 Å². The normalized spacial score (nSPS) is 10.6. The summed E-state index contributed by atoms with van der Waals surface area (Å²) in [5, 5.41) is 15.9. The van der Waals surface area contributed by atoms with Gasteiger partial charge in [-0.05, 0) is 43.3 Å². The first-order valence-electron chi connectivity index (χ1n) is 8.11. The Hall–Kier alpha value is -2.23. The second kappa shape index (κ2) is 8.64. The molecular weight excluding hydrogens is 400 g/mol. The van der Waals surface area contributed by atoms with Gasteiger partial charge < -0.3 is 5.32 Å². The van der Waals surface area contributed by atoms with Crippen molar-refractivity contribution in [2.75, 3.05) is 16.4 Å². The highest BCUT2D eigenvalue weighted by Gasteiger charge is 2.13. The van der Waals surface area contributed by atoms with Crippen LogP contribution < -0.4 is 10.6 Å². The minimum atomic E-state index is -0.208. The predicted molar refractivity (Wildman–Crippen MR) is 112 cm³/mol. The number of nitrogens with one attached hydrogen (secondary N) is 2. The lowest BCUT2D eigenvalue weighted by atomic mass is 10.1. The molecule has 9 heteroatoms. The number of carbonyl (C=O) groups excluding carboxylic acids is 2. The van der Waals surface area contributed by atoms with Crippen LogP contribution in [0.4, 0.5) is 10.8 Å². The van der Waals surface area contributed by atoms with Crippen molar-refractivity contribution < 1.29 is 9.59 Å². The summed E-state index contributed by atoms with van der Waals surface area (Å²) in [4.78, 5) is 24.9. The zero-order valence-electron chi connectivity index (χ0n) is 15.0. The molecule has 2 N–H and O–H groups in total. The summed E-state index contributed by atoms with van der Waals surface area (Å²) in [6, 6.07) is 7.65. The molecule has 0 atom stereocenters. The van der Waals surface area contributed by atoms with Gasteiger partial charge in [-0.1, -0.05) is 46.9 Å². The standard InChI is InChI=1S/C18H18N4O2S3/c1-10-7-11(2)15(12(3)8-10)19-14(23)9-26-18-22-21-17(27-18)20-16(24)13-5-4-6-25-13/h4-8H,9H2,1-3H3,(H,19,23)(H,20,21,24). The Morgan fingerprint density at radius 1 is 1.11 bits per heavy atom. The maximum absolute atomic E-state index is 12.3. The zero-order chi connectivity index (χ0) is 19.4. The fourth-order valence-electron chi connectivity index (χ4n) is 2.57. The van der Waals surface area contributed by atoms with Crippen LogP contribution in [0, 0.1) is 20.8 Å². The van der Waals surface area contributed by atoms with E-state index in [2.05, 4.69) is 20.8 Å². The van der Waals surface area contributed by atoms with E-state index in [0.29, 0.717) is 14.3 Å². The molecule has 0 aliphatic carbocycles. The first kappa shape index (κ1) is 19.5. The van der Waals surface area contributed by atoms with E-state index in [4.69, 9.17) is 0 Å². The molecule has 0 saturated heterocycles. The summed E-state index contributed by atoms with van der Waals surface area (Å²) in [6.45, 7) is 6.00. The predicted octanol–water partition coefficient (Wildman–Crippen LogP) is 4.51. The molecule has 0 fully saturated rings. The highest BCUT2D eigenvalue weighted by atomic mass is 32.2. The smallest absolute Gasteiger partial charge is 0.267 e. The summed E-state index contributed by atoms with van der Waals surface area (Å²) in [7, 11) is 0. The van der Waals surface area contributed by atoms with E-state index in [1.165, 1.54) is 40.0 Å². The summed E-state index contributed by atoms with van der Waals surface area (Å²) < 4.78 is 0.629. The maximum atomic E-state index is 12.3. The lowest BCUT2D eigenvalue weighted by molar-refractivity contribution is -0.113. The van der Waals surface area contributed by atoms with Gasteiger partial charge in [0.2, 0.25) is 11.0 Å². The summed E-state index contributed by atoms with van der Waals surface area (Å²) in [6.07, 6.45) is 0. The Labute approximate surface area is 169 Å². The molecule has 0 bridgehead atoms. The maximum Gasteiger partial charge on any atom is 0.267 e. The Morgan fingerprint density at radius 2 is 1.85 bits per heavy atom. The van der Waals surface area contributed by atoms with Crippen molar-refractivity contribution in [3.63, 3.8) is 0 Å². The van der Waals surface area contributed by atoms with Crippen LogP contribution in [0.2, 0.25) is 0 Å². The molecule has 0 saturated carbocycles. The highest BCUT2D eigenvalue weighted by molar-refractivity contribution is 8.01. The average Bonchev–Trinajstić information content (AvgIpc) is 3.28. The van der Waals surface area contributed by atoms with Gasteiger partial charge in [0, 0.05) is 5.69 Å². The van der Waals surface area contributed by atoms with E-state index in [1.807, 2.05) is 44.4 Å². The molecule has 2 amide bonds. The molecule has 3 aromatic rings. The van der Waals surface area contributed by atoms with E-state index >= 15 is 0 Å². The molecule has 6 nitrogen and oxygen atoms in total. The van der Waals surface area contributed by atoms with Crippen molar-refractivity contribution >= 4 is 57.1 Å². The number of rotatable bonds is 6. The van der Waals surface area contributed by atoms with Gasteiger partial charge in [0.1, 0.15) is 0 Å². The van der Waals surface area contributed by atoms with Crippen LogP contribution in [0.3, 0.4) is 0 Å². The van der Waals surface area contributed by atoms with Gasteiger partial charge in [-0.2, -0.15) is 0 Å². The van der Waals surface area contributed by atoms with Gasteiger partial charge in [0.25, 0.3) is 5.91 Å². The van der Waals surface area contributed by atoms with E-state index < -0.39 is 0 Å². The van der Waals surface area contributed by atoms with Gasteiger partial charge in [0.15, 0.2) is 4.34 Å². The third-order valence-corrected chi connectivity index (χ3v) is 6.48. The number of amides is 2. The Morgan fingerprint density at radius 3 is 2.52 bits per heavy atom. The third-order valence-electron chi connectivity index (χ3n) is 3.64. The van der Waals surface area contributed by atoms with E-state index in [-0.39, 0.29) is 17.6 Å². The van der Waals surface area contributed by atoms with Crippen molar-refractivity contribution in [3.8, 4) is 0 Å². The number of nitrogens with zero attached hydrogens (tertiary/aromatic N) is 2. The fraction of sp³-hybridized carbons (Fsp3) is 0.222. The Bertz CT molecular complexity index is 944. The fourth-order valence-corrected chi connectivity index (χ4v) is 4.73. The summed E-state index contributed by atoms with van der Waals surface area (Å²) in [5.41, 5.74) is 4.11. The second-order valence-corrected chi connectivity index (χ2v) is 9.06. The van der Waals surface area contributed by atoms with Crippen molar-refractivity contribution in [2.24, 2.45) is 0 Å². The molecule has 0 spiro atoms. The lowest BCUT2D eigenvalue weighted by Crippen LogP contribution is -2.15. The van der Waals surface area contributed by atoms with E-state index in [9.17, 15) is 9.59 Å². The van der Waals surface area contributed by atoms with Gasteiger partial charge >= 0.3 is 0 Å². The minimum Gasteiger partial charge on any atom is -0.325 e. The van der Waals surface area contributed by atoms with Crippen LogP contribution in [-0.2, 0) is 4.79 Å². The third kappa shape index (κ3) is 5.15. The molecule has 27 heavy (non-hydrogen) atoms. The van der Waals surface area contributed by atoms with Gasteiger partial charge in [-0.15, -0.1) is 21.5 Å². The summed E-state index contributed by atoms with van der Waals surface area (Å²) >= 11 is 3.90. The molecule has 140 valence electrons. The molecule has 0 aliphatic heterocycles. The van der Waals surface area contributed by atoms with Crippen molar-refractivity contribution in [2.45, 2.75) is 25.1 Å². The van der Waals surface area contributed by atoms with E-state index in [1.54, 1.807) is 6.07 Å². The lowest BCUT2D eigenvalue weighted by Gasteiger charge is -2.12. The van der Waals surface area contributed by atoms with Crippen LogP contribution in [0.5, 0.6) is 0 Å². The van der Waals surface area contributed by atoms with Gasteiger partial charge in [-0.25, -0.2) is 0 Å². The quantitative estimate of drug-likeness (QED) is 0.455. The molecule has 0 aliphatic rings. The number of anilines is 2. The molecule has 1 aromatic carbocycles. The molecule has 0 unspecified atom stereocenters. The number of carbonyl (C=O) groups is 2. The van der Waals surface area contributed by atoms with Crippen LogP contribution >= 0.6 is 34.4 Å². The molecule has 2 heterocycles. The minimum absolute atomic E-state index is 0.102. The van der Waals surface area contributed by atoms with Crippen molar-refractivity contribution in [3.05, 3.63) is 51.2 Å². The monoisotopic (exact) mass is 418 g/mol. The number of thioether (sulfide) groups is 1. The van der Waals surface area contributed by atoms with Crippen LogP contribution in [0.15, 0.2) is 34.0 Å². The van der Waals surface area contributed by atoms with Crippen molar-refractivity contribution in [1.29, 1.82) is 0 Å². The number of hydrogen-bond acceptors (Lipinski definition) is 7. The SMILES string of the molecule is Cc1cc(C)c(NC(=O)CSc2nnc(NC(=O)c3cccs3)s2)c(C)c1. The van der Waals surface area contributed by atoms with Crippen LogP contribution in [-0.4, -0.2) is 27.8 Å². The Kier molecular flexibility index (Phi) is 6.25. The second-order valence-electron chi connectivity index (χ2n) is 5.92. The summed E-state index contributed by atoms with van der Waals surface area (Å²) in [5.74, 6) is -0.0875. The van der Waals surface area contributed by atoms with Gasteiger partial charge in [0.05, 0.1) is 10.6 Å². The number of hydrogen-bond donors (Lipinski definition) is 2. The number of aromatic nitrogens is 2. The number of benzene rings is 1. The first-order chi connectivity index (χ1) is 12.9. The largest absolute Gasteiger partial charge is 0.325 e. The molecule has 3 rings (SSSR count). The van der Waals surface area contributed by atoms with Crippen LogP contribution in [0.1, 0.15) is 26.4 Å². The number of aryl methyl sites for hydroxylation is 3. The van der Waals surface area contributed by atoms with E-state index in [0.717, 1.165) is 16.8 Å². The average molecular weight is 419 g/mol. The Balaban J connectivity index is 1.54.